The van der Waals surface area contributed by atoms with Crippen molar-refractivity contribution in [2.75, 3.05) is 64.3 Å². The van der Waals surface area contributed by atoms with Gasteiger partial charge in [-0.2, -0.15) is 0 Å². The summed E-state index contributed by atoms with van der Waals surface area (Å²) in [5.41, 5.74) is 15.1. The van der Waals surface area contributed by atoms with Crippen LogP contribution in [0.25, 0.3) is 0 Å². The van der Waals surface area contributed by atoms with Crippen molar-refractivity contribution in [2.24, 2.45) is 5.73 Å². The molecule has 6 aromatic carbocycles. The maximum absolute atomic E-state index is 13.7. The number of halogens is 6. The van der Waals surface area contributed by atoms with E-state index in [9.17, 15) is 99.3 Å². The fraction of sp³-hybridized carbons (Fsp3) is 0.489. The van der Waals surface area contributed by atoms with Crippen molar-refractivity contribution in [1.82, 2.24) is 9.80 Å². The Balaban J connectivity index is 0.000000163. The van der Waals surface area contributed by atoms with E-state index in [0.717, 1.165) is 0 Å². The minimum absolute atomic E-state index is 0. The van der Waals surface area contributed by atoms with Gasteiger partial charge in [-0.05, 0) is 59.7 Å². The van der Waals surface area contributed by atoms with E-state index in [1.54, 1.807) is 21.0 Å². The number of ketones is 9. The van der Waals surface area contributed by atoms with Crippen LogP contribution in [0.4, 0.5) is 17.1 Å². The molecule has 12 aliphatic rings. The molecule has 0 unspecified atom stereocenters. The number of ether oxygens (including phenoxy) is 11. The number of fused-ring (bicyclic) bond motifs is 12. The van der Waals surface area contributed by atoms with Gasteiger partial charge in [-0.3, -0.25) is 53.0 Å². The van der Waals surface area contributed by atoms with Crippen molar-refractivity contribution >= 4 is 168 Å². The summed E-state index contributed by atoms with van der Waals surface area (Å²) in [5.74, 6) is -9.86. The van der Waals surface area contributed by atoms with Crippen LogP contribution in [0.1, 0.15) is 227 Å². The Morgan fingerprint density at radius 2 is 0.809 bits per heavy atom. The van der Waals surface area contributed by atoms with Crippen molar-refractivity contribution in [1.29, 1.82) is 0 Å². The van der Waals surface area contributed by atoms with Gasteiger partial charge in [-0.15, -0.1) is 24.0 Å². The number of carbonyl (C=O) groups excluding carboxylic acids is 9. The van der Waals surface area contributed by atoms with Crippen LogP contribution in [0.3, 0.4) is 0 Å². The third-order valence-corrected chi connectivity index (χ3v) is 26.7. The van der Waals surface area contributed by atoms with Crippen LogP contribution in [0, 0.1) is 0 Å². The van der Waals surface area contributed by atoms with Gasteiger partial charge < -0.3 is 131 Å². The molecule has 0 radical (unpaired) electrons. The van der Waals surface area contributed by atoms with Gasteiger partial charge in [0.05, 0.1) is 112 Å². The molecule has 710 valence electrons. The molecular weight excluding hydrogens is 2400 g/mol. The first kappa shape index (κ1) is 103. The molecule has 0 amide bonds. The molecule has 21 atom stereocenters. The number of phenols is 6. The number of nitrogens with zero attached hydrogens (tertiary/aromatic N) is 2. The molecule has 6 aromatic rings. The molecule has 0 saturated carbocycles. The molecule has 19 N–H and O–H groups in total. The molecule has 43 heteroatoms. The number of nitrogens with two attached hydrogens (primary N) is 4. The number of aliphatic hydroxyl groups excluding tert-OH is 2. The van der Waals surface area contributed by atoms with Gasteiger partial charge in [-0.1, -0.05) is 36.4 Å². The Kier molecular flexibility index (Phi) is 31.9. The van der Waals surface area contributed by atoms with Gasteiger partial charge in [0.15, 0.2) is 89.7 Å². The topological polar surface area (TPSA) is 588 Å². The van der Waals surface area contributed by atoms with Crippen LogP contribution in [0.5, 0.6) is 34.5 Å². The van der Waals surface area contributed by atoms with E-state index in [2.05, 4.69) is 79.4 Å². The summed E-state index contributed by atoms with van der Waals surface area (Å²) in [4.78, 5) is 123. The van der Waals surface area contributed by atoms with Crippen LogP contribution in [0.15, 0.2) is 54.6 Å². The summed E-state index contributed by atoms with van der Waals surface area (Å²) in [6, 6.07) is 11.8. The zero-order chi connectivity index (χ0) is 94.6. The number of anilines is 3. The fourth-order valence-electron chi connectivity index (χ4n) is 20.0. The Bertz CT molecular complexity index is 5410. The van der Waals surface area contributed by atoms with Crippen LogP contribution in [-0.4, -0.2) is 274 Å². The zero-order valence-electron chi connectivity index (χ0n) is 71.6. The van der Waals surface area contributed by atoms with E-state index in [1.807, 2.05) is 11.8 Å². The zero-order valence-corrected chi connectivity index (χ0v) is 84.7. The first-order valence-corrected chi connectivity index (χ1v) is 60.4. The minimum atomic E-state index is -2.02. The fourth-order valence-corrected chi connectivity index (χ4v) is 20.0. The predicted octanol–water partition coefficient (Wildman–Crippen LogP) is 4.03. The Labute approximate surface area is 820 Å². The van der Waals surface area contributed by atoms with Crippen LogP contribution >= 0.6 is 98.4 Å². The second-order valence-corrected chi connectivity index (χ2v) is 50.4. The van der Waals surface area contributed by atoms with Crippen LogP contribution in [0.2, 0.25) is 0 Å². The van der Waals surface area contributed by atoms with Gasteiger partial charge >= 0.3 is 50.5 Å². The monoisotopic (exact) mass is 2500 g/mol. The molecule has 6 aliphatic heterocycles. The maximum atomic E-state index is 13.7. The number of morpholine rings is 2. The quantitative estimate of drug-likeness (QED) is 0.0466. The Morgan fingerprint density at radius 3 is 1.17 bits per heavy atom. The molecule has 131 heavy (non-hydrogen) atoms. The summed E-state index contributed by atoms with van der Waals surface area (Å²) >= 11 is 9.54. The van der Waals surface area contributed by atoms with Gasteiger partial charge in [0.25, 0.3) is 0 Å². The molecule has 6 heterocycles. The number of methoxy groups -OCH3 is 2. The number of nitrogen functional groups attached to an aromatic ring is 3. The first-order valence-electron chi connectivity index (χ1n) is 41.5. The van der Waals surface area contributed by atoms with Gasteiger partial charge in [0, 0.05) is 214 Å². The van der Waals surface area contributed by atoms with Crippen molar-refractivity contribution in [3.63, 3.8) is 0 Å². The molecule has 6 saturated heterocycles. The van der Waals surface area contributed by atoms with Crippen LogP contribution < -0.4 is 36.2 Å². The number of aliphatic hydroxyl groups is 5. The number of rotatable bonds is 12. The second kappa shape index (κ2) is 40.7. The average Bonchev–Trinajstić information content (AvgIpc) is 1.49. The van der Waals surface area contributed by atoms with E-state index in [1.165, 1.54) is 82.5 Å². The van der Waals surface area contributed by atoms with E-state index in [4.69, 9.17) is 75.0 Å². The second-order valence-electron chi connectivity index (χ2n) is 34.2. The third-order valence-electron chi connectivity index (χ3n) is 26.7. The van der Waals surface area contributed by atoms with Crippen LogP contribution in [-0.2, 0) is 85.8 Å². The predicted molar refractivity (Wildman–Crippen MR) is 502 cm³/mol. The van der Waals surface area contributed by atoms with E-state index >= 15 is 0 Å². The van der Waals surface area contributed by atoms with E-state index in [0.29, 0.717) is 52.5 Å². The summed E-state index contributed by atoms with van der Waals surface area (Å²) in [6.45, 7) is 11.1. The summed E-state index contributed by atoms with van der Waals surface area (Å²) in [5, 5.41) is 124. The molecular formula is C88H99I6N6O31-. The van der Waals surface area contributed by atoms with Gasteiger partial charge in [-0.25, -0.2) is 0 Å². The number of carbonyl (C=O) groups is 9. The Hall–Kier alpha value is -5.83. The Morgan fingerprint density at radius 1 is 0.466 bits per heavy atom. The van der Waals surface area contributed by atoms with Crippen molar-refractivity contribution in [3.05, 3.63) is 155 Å². The van der Waals surface area contributed by atoms with Crippen molar-refractivity contribution in [2.45, 2.75) is 227 Å². The summed E-state index contributed by atoms with van der Waals surface area (Å²) in [7, 11) is 3.08. The van der Waals surface area contributed by atoms with E-state index in [-0.39, 0.29) is 152 Å². The third kappa shape index (κ3) is 18.5. The number of hydrogen-bond donors (Lipinski definition) is 15. The summed E-state index contributed by atoms with van der Waals surface area (Å²) in [6.07, 6.45) is -13.5. The molecule has 0 aromatic heterocycles. The number of hydrogen-bond acceptors (Lipinski definition) is 37. The van der Waals surface area contributed by atoms with Crippen molar-refractivity contribution < 1.29 is 165 Å². The van der Waals surface area contributed by atoms with Crippen molar-refractivity contribution in [3.8, 4) is 34.5 Å². The molecule has 0 bridgehead atoms. The SMILES string of the molecule is CC(=O)[C@]1(O)Cc2c(O)c3c(c(O)c2[C@@H](O[C@H]2C[C@H](N)[C@H](O)[C@H](C)O2)C1)C(=O)c1c(N)cccc1C3=O.CO[C@@H]1CN([C@H]2C[C@H](O[C@H]3C[C@](O)(C(C)=O)Cc4c(O)c5c(c(O)c43)C(=O)c3c(N)cccc3C5=O)O[C@@H](C)[C@H]2O)CCO1.CO[C@H]1OCCN2[C@@H]1O[C@@H]1[C@H](C)O[C@@H](O[C@H]3C[C@](O)(C(C)=O)Cc4c(O)c5c(c(O)c43)C(=O)c3c(N)cccc3C5=O)C[C@@H]12.I.II.I[I-]I. The molecule has 6 fully saturated rings. The van der Waals surface area contributed by atoms with Gasteiger partial charge in [0.1, 0.15) is 57.4 Å². The first-order chi connectivity index (χ1) is 61.6. The average molecular weight is 2500 g/mol. The molecule has 6 aliphatic carbocycles. The number of phenolic OH excluding ortho intramolecular Hbond substituents is 6. The summed E-state index contributed by atoms with van der Waals surface area (Å²) < 4.78 is 65.1. The molecule has 18 rings (SSSR count). The number of Topliss-reactive ketones (excluding diaryl/α,β-unsaturated/α-hetero) is 3. The molecule has 0 spiro atoms. The normalized spacial score (nSPS) is 31.3. The number of benzene rings is 6. The molecule has 37 nitrogen and oxygen atoms in total. The number of aromatic hydroxyl groups is 6. The van der Waals surface area contributed by atoms with Gasteiger partial charge in [0.2, 0.25) is 0 Å². The van der Waals surface area contributed by atoms with E-state index < -0.39 is 255 Å². The standard InChI is InChI=1S/C31H34N2O11.C31H36N2O11.C26H28N2O9.I3.I2.HI/c1-12-28-17(33-7-8-41-30(40-3)29(33)44-28)9-19(42-12)43-18-11-31(39,13(2)34)10-15-21(18)27(38)23-22(25(15)36)24(35)14-5-4-6-16(32)20(14)26(23)37;1-13-26(35)18(33-7-8-42-21(12-33)41-3)9-20(43-13)44-19-11-31(40,14(2)34)10-16-23(19)30(39)25-24(28(16)37)27(36)15-5-4-6-17(32)22(15)29(25)38;1-9-21(30)14(28)6-16(36-9)37-15-8-26(35,10(2)29)7-12-18(15)25(34)20-19(23(12)32)22(31)11-4-3-5-13(27)17(11)24(20)33;1-3-2;1-2;/h4-6,12,17-19,28-30,36,38-39H,7-11,32H2,1-3H3;4-6,13,18-21,26,35,37,39-40H,7-12,32H2,1-3H3;3-5,9,14-16,21,30,32,34-35H,6-8,27-28H2,1-2H3;;;1H/q;;;-1;;/t12-,17-,18-,19-,28+,29+,30-,31-;13-,18-,19-,20-,21-,26+,31-;9-,14-,15-,16-,21+,26-;;;/m000.../s1.